The molecule has 1 aromatic rings. The van der Waals surface area contributed by atoms with E-state index < -0.39 is 5.60 Å². The Kier molecular flexibility index (Phi) is 5.50. The molecule has 0 aromatic carbocycles. The predicted octanol–water partition coefficient (Wildman–Crippen LogP) is 4.14. The number of rotatable bonds is 4. The van der Waals surface area contributed by atoms with Gasteiger partial charge in [0.1, 0.15) is 5.60 Å². The molecule has 0 bridgehead atoms. The molecule has 2 heterocycles. The van der Waals surface area contributed by atoms with Crippen LogP contribution in [0, 0.1) is 0 Å². The molecule has 0 radical (unpaired) electrons. The molecule has 5 heteroatoms. The maximum absolute atomic E-state index is 12.3. The van der Waals surface area contributed by atoms with E-state index >= 15 is 0 Å². The van der Waals surface area contributed by atoms with Crippen molar-refractivity contribution in [1.82, 2.24) is 9.80 Å². The molecular weight excluding hydrogens is 296 g/mol. The van der Waals surface area contributed by atoms with Crippen molar-refractivity contribution in [3.8, 4) is 0 Å². The number of likely N-dealkylation sites (tertiary alicyclic amines) is 1. The largest absolute Gasteiger partial charge is 0.444 e. The van der Waals surface area contributed by atoms with Crippen molar-refractivity contribution >= 4 is 17.4 Å². The molecule has 1 fully saturated rings. The van der Waals surface area contributed by atoms with Crippen LogP contribution < -0.4 is 0 Å². The Morgan fingerprint density at radius 3 is 2.86 bits per heavy atom. The summed E-state index contributed by atoms with van der Waals surface area (Å²) in [6.45, 7) is 9.67. The third-order valence-electron chi connectivity index (χ3n) is 4.12. The van der Waals surface area contributed by atoms with Crippen molar-refractivity contribution in [2.45, 2.75) is 58.2 Å². The molecule has 0 spiro atoms. The number of thiophene rings is 1. The van der Waals surface area contributed by atoms with E-state index in [4.69, 9.17) is 4.74 Å². The molecule has 124 valence electrons. The van der Waals surface area contributed by atoms with Crippen LogP contribution in [0.4, 0.5) is 4.79 Å². The Balaban J connectivity index is 1.94. The molecule has 4 nitrogen and oxygen atoms in total. The first kappa shape index (κ1) is 17.3. The first-order valence-electron chi connectivity index (χ1n) is 8.01. The van der Waals surface area contributed by atoms with Gasteiger partial charge in [-0.3, -0.25) is 4.90 Å². The zero-order chi connectivity index (χ0) is 16.3. The summed E-state index contributed by atoms with van der Waals surface area (Å²) in [5.74, 6) is 0. The van der Waals surface area contributed by atoms with E-state index in [1.54, 1.807) is 11.3 Å². The lowest BCUT2D eigenvalue weighted by Gasteiger charge is -2.32. The number of hydrogen-bond donors (Lipinski definition) is 0. The highest BCUT2D eigenvalue weighted by Crippen LogP contribution is 2.27. The summed E-state index contributed by atoms with van der Waals surface area (Å²) < 4.78 is 5.54. The highest BCUT2D eigenvalue weighted by Gasteiger charge is 2.33. The fourth-order valence-corrected chi connectivity index (χ4v) is 3.67. The number of nitrogens with zero attached hydrogens (tertiary/aromatic N) is 2. The maximum atomic E-state index is 12.3. The van der Waals surface area contributed by atoms with Crippen LogP contribution in [0.5, 0.6) is 0 Å². The van der Waals surface area contributed by atoms with E-state index in [-0.39, 0.29) is 12.1 Å². The SMILES string of the molecule is C[C@@H](c1cccs1)N(C)C[C@@H]1CCCN1C(=O)OC(C)(C)C. The number of amides is 1. The molecule has 1 aliphatic heterocycles. The first-order chi connectivity index (χ1) is 10.3. The van der Waals surface area contributed by atoms with Crippen LogP contribution in [0.1, 0.15) is 51.5 Å². The van der Waals surface area contributed by atoms with Gasteiger partial charge in [-0.1, -0.05) is 6.07 Å². The van der Waals surface area contributed by atoms with Gasteiger partial charge in [-0.25, -0.2) is 4.79 Å². The van der Waals surface area contributed by atoms with Crippen molar-refractivity contribution in [2.24, 2.45) is 0 Å². The standard InChI is InChI=1S/C17H28N2O2S/c1-13(15-9-7-11-22-15)18(5)12-14-8-6-10-19(14)16(20)21-17(2,3)4/h7,9,11,13-14H,6,8,10,12H2,1-5H3/t13-,14-/m0/s1. The summed E-state index contributed by atoms with van der Waals surface area (Å²) in [6.07, 6.45) is 1.94. The van der Waals surface area contributed by atoms with E-state index in [9.17, 15) is 4.79 Å². The second-order valence-corrected chi connectivity index (χ2v) is 8.08. The number of carbonyl (C=O) groups is 1. The van der Waals surface area contributed by atoms with Gasteiger partial charge in [-0.05, 0) is 59.0 Å². The van der Waals surface area contributed by atoms with Crippen LogP contribution in [0.2, 0.25) is 0 Å². The van der Waals surface area contributed by atoms with Crippen molar-refractivity contribution < 1.29 is 9.53 Å². The van der Waals surface area contributed by atoms with Gasteiger partial charge in [0, 0.05) is 30.1 Å². The topological polar surface area (TPSA) is 32.8 Å². The Labute approximate surface area is 138 Å². The maximum Gasteiger partial charge on any atom is 0.410 e. The normalized spacial score (nSPS) is 20.5. The van der Waals surface area contributed by atoms with E-state index in [2.05, 4.69) is 36.4 Å². The Morgan fingerprint density at radius 2 is 2.27 bits per heavy atom. The highest BCUT2D eigenvalue weighted by atomic mass is 32.1. The van der Waals surface area contributed by atoms with Gasteiger partial charge in [0.25, 0.3) is 0 Å². The molecule has 1 saturated heterocycles. The third kappa shape index (κ3) is 4.46. The summed E-state index contributed by atoms with van der Waals surface area (Å²) in [5, 5.41) is 2.11. The number of likely N-dealkylation sites (N-methyl/N-ethyl adjacent to an activating group) is 1. The first-order valence-corrected chi connectivity index (χ1v) is 8.89. The average Bonchev–Trinajstić information content (AvgIpc) is 3.06. The summed E-state index contributed by atoms with van der Waals surface area (Å²) in [4.78, 5) is 17.9. The van der Waals surface area contributed by atoms with Crippen LogP contribution >= 0.6 is 11.3 Å². The molecule has 0 unspecified atom stereocenters. The lowest BCUT2D eigenvalue weighted by Crippen LogP contribution is -2.44. The van der Waals surface area contributed by atoms with Crippen LogP contribution in [0.25, 0.3) is 0 Å². The molecule has 2 rings (SSSR count). The molecule has 1 aliphatic rings. The molecular formula is C17H28N2O2S. The molecule has 0 N–H and O–H groups in total. The van der Waals surface area contributed by atoms with E-state index in [0.29, 0.717) is 6.04 Å². The molecule has 1 aromatic heterocycles. The summed E-state index contributed by atoms with van der Waals surface area (Å²) in [7, 11) is 2.13. The van der Waals surface area contributed by atoms with Crippen LogP contribution in [0.15, 0.2) is 17.5 Å². The molecule has 0 saturated carbocycles. The number of ether oxygens (including phenoxy) is 1. The minimum atomic E-state index is -0.430. The summed E-state index contributed by atoms with van der Waals surface area (Å²) in [5.41, 5.74) is -0.430. The van der Waals surface area contributed by atoms with Gasteiger partial charge in [0.15, 0.2) is 0 Å². The zero-order valence-corrected chi connectivity index (χ0v) is 15.2. The summed E-state index contributed by atoms with van der Waals surface area (Å²) >= 11 is 1.79. The van der Waals surface area contributed by atoms with Crippen LogP contribution in [-0.4, -0.2) is 47.7 Å². The average molecular weight is 324 g/mol. The zero-order valence-electron chi connectivity index (χ0n) is 14.3. The van der Waals surface area contributed by atoms with E-state index in [1.807, 2.05) is 25.7 Å². The van der Waals surface area contributed by atoms with Crippen molar-refractivity contribution in [2.75, 3.05) is 20.1 Å². The number of carbonyl (C=O) groups excluding carboxylic acids is 1. The monoisotopic (exact) mass is 324 g/mol. The predicted molar refractivity (Wildman–Crippen MR) is 91.3 cm³/mol. The Morgan fingerprint density at radius 1 is 1.55 bits per heavy atom. The third-order valence-corrected chi connectivity index (χ3v) is 5.16. The van der Waals surface area contributed by atoms with Crippen molar-refractivity contribution in [1.29, 1.82) is 0 Å². The number of hydrogen-bond acceptors (Lipinski definition) is 4. The van der Waals surface area contributed by atoms with Crippen molar-refractivity contribution in [3.63, 3.8) is 0 Å². The van der Waals surface area contributed by atoms with Gasteiger partial charge < -0.3 is 9.64 Å². The minimum absolute atomic E-state index is 0.174. The van der Waals surface area contributed by atoms with Gasteiger partial charge in [0.2, 0.25) is 0 Å². The quantitative estimate of drug-likeness (QED) is 0.834. The Hall–Kier alpha value is -1.07. The van der Waals surface area contributed by atoms with Gasteiger partial charge in [-0.15, -0.1) is 11.3 Å². The minimum Gasteiger partial charge on any atom is -0.444 e. The van der Waals surface area contributed by atoms with Crippen LogP contribution in [0.3, 0.4) is 0 Å². The van der Waals surface area contributed by atoms with Crippen molar-refractivity contribution in [3.05, 3.63) is 22.4 Å². The fourth-order valence-electron chi connectivity index (χ4n) is 2.82. The van der Waals surface area contributed by atoms with E-state index in [0.717, 1.165) is 25.9 Å². The lowest BCUT2D eigenvalue weighted by molar-refractivity contribution is 0.0194. The van der Waals surface area contributed by atoms with Gasteiger partial charge in [0.05, 0.1) is 0 Å². The second-order valence-electron chi connectivity index (χ2n) is 7.10. The van der Waals surface area contributed by atoms with E-state index in [1.165, 1.54) is 4.88 Å². The fraction of sp³-hybridized carbons (Fsp3) is 0.706. The highest BCUT2D eigenvalue weighted by molar-refractivity contribution is 7.10. The van der Waals surface area contributed by atoms with Gasteiger partial charge >= 0.3 is 6.09 Å². The Bertz CT molecular complexity index is 481. The summed E-state index contributed by atoms with van der Waals surface area (Å²) in [6, 6.07) is 4.89. The molecule has 0 aliphatic carbocycles. The lowest BCUT2D eigenvalue weighted by atomic mass is 10.1. The molecule has 2 atom stereocenters. The van der Waals surface area contributed by atoms with Crippen LogP contribution in [-0.2, 0) is 4.74 Å². The second kappa shape index (κ2) is 7.01. The smallest absolute Gasteiger partial charge is 0.410 e. The molecule has 1 amide bonds. The van der Waals surface area contributed by atoms with Gasteiger partial charge in [-0.2, -0.15) is 0 Å². The molecule has 22 heavy (non-hydrogen) atoms.